The van der Waals surface area contributed by atoms with Crippen molar-refractivity contribution in [2.45, 2.75) is 25.7 Å². The number of nitrogens with one attached hydrogen (secondary N) is 2. The molecule has 3 aromatic carbocycles. The smallest absolute Gasteiger partial charge is 0.262 e. The van der Waals surface area contributed by atoms with Crippen LogP contribution >= 0.6 is 11.6 Å². The lowest BCUT2D eigenvalue weighted by atomic mass is 10.1. The number of hydrogen-bond acceptors (Lipinski definition) is 3. The molecule has 0 aliphatic carbocycles. The molecule has 2 N–H and O–H groups in total. The van der Waals surface area contributed by atoms with Gasteiger partial charge in [0.2, 0.25) is 0 Å². The maximum atomic E-state index is 12.9. The van der Waals surface area contributed by atoms with E-state index >= 15 is 0 Å². The van der Waals surface area contributed by atoms with E-state index in [1.165, 1.54) is 6.07 Å². The highest BCUT2D eigenvalue weighted by Crippen LogP contribution is 2.24. The molecule has 0 unspecified atom stereocenters. The molecule has 0 aliphatic rings. The molecule has 5 nitrogen and oxygen atoms in total. The maximum Gasteiger partial charge on any atom is 0.262 e. The van der Waals surface area contributed by atoms with E-state index in [9.17, 15) is 13.2 Å². The van der Waals surface area contributed by atoms with Crippen LogP contribution in [0, 0.1) is 20.8 Å². The summed E-state index contributed by atoms with van der Waals surface area (Å²) in [7, 11) is -3.85. The predicted octanol–water partition coefficient (Wildman–Crippen LogP) is 5.32. The van der Waals surface area contributed by atoms with Crippen molar-refractivity contribution in [2.75, 3.05) is 10.0 Å². The molecule has 0 bridgehead atoms. The zero-order chi connectivity index (χ0) is 21.2. The quantitative estimate of drug-likeness (QED) is 0.577. The molecule has 29 heavy (non-hydrogen) atoms. The van der Waals surface area contributed by atoms with Crippen molar-refractivity contribution in [3.63, 3.8) is 0 Å². The molecule has 150 valence electrons. The Labute approximate surface area is 175 Å². The lowest BCUT2D eigenvalue weighted by Crippen LogP contribution is -2.17. The molecule has 0 fully saturated rings. The van der Waals surface area contributed by atoms with Crippen molar-refractivity contribution in [2.24, 2.45) is 0 Å². The van der Waals surface area contributed by atoms with E-state index in [0.717, 1.165) is 11.1 Å². The van der Waals surface area contributed by atoms with Crippen molar-refractivity contribution in [3.05, 3.63) is 87.9 Å². The van der Waals surface area contributed by atoms with E-state index in [-0.39, 0.29) is 10.5 Å². The van der Waals surface area contributed by atoms with Gasteiger partial charge in [0.15, 0.2) is 0 Å². The van der Waals surface area contributed by atoms with Crippen LogP contribution in [-0.2, 0) is 10.0 Å². The molecule has 3 aromatic rings. The molecule has 3 rings (SSSR count). The fourth-order valence-electron chi connectivity index (χ4n) is 2.79. The number of carbonyl (C=O) groups is 1. The summed E-state index contributed by atoms with van der Waals surface area (Å²) in [6.45, 7) is 5.46. The second-order valence-electron chi connectivity index (χ2n) is 6.87. The van der Waals surface area contributed by atoms with Crippen LogP contribution in [0.4, 0.5) is 11.4 Å². The van der Waals surface area contributed by atoms with E-state index in [0.29, 0.717) is 22.0 Å². The van der Waals surface area contributed by atoms with Crippen LogP contribution < -0.4 is 10.0 Å². The third-order valence-electron chi connectivity index (χ3n) is 4.49. The van der Waals surface area contributed by atoms with Gasteiger partial charge in [0.25, 0.3) is 15.9 Å². The zero-order valence-corrected chi connectivity index (χ0v) is 17.9. The molecule has 0 saturated carbocycles. The number of amides is 1. The van der Waals surface area contributed by atoms with Crippen LogP contribution in [0.2, 0.25) is 5.02 Å². The zero-order valence-electron chi connectivity index (χ0n) is 16.3. The number of aryl methyl sites for hydroxylation is 3. The Morgan fingerprint density at radius 3 is 2.21 bits per heavy atom. The van der Waals surface area contributed by atoms with Crippen LogP contribution in [-0.4, -0.2) is 14.3 Å². The maximum absolute atomic E-state index is 12.9. The minimum absolute atomic E-state index is 0.0496. The first-order chi connectivity index (χ1) is 13.7. The van der Waals surface area contributed by atoms with Crippen LogP contribution in [0.25, 0.3) is 0 Å². The van der Waals surface area contributed by atoms with Gasteiger partial charge in [-0.3, -0.25) is 9.52 Å². The fraction of sp³-hybridized carbons (Fsp3) is 0.136. The summed E-state index contributed by atoms with van der Waals surface area (Å²) < 4.78 is 28.3. The van der Waals surface area contributed by atoms with E-state index in [1.807, 2.05) is 26.0 Å². The Morgan fingerprint density at radius 2 is 1.52 bits per heavy atom. The summed E-state index contributed by atoms with van der Waals surface area (Å²) in [5, 5.41) is 3.28. The molecule has 0 aromatic heterocycles. The minimum atomic E-state index is -3.85. The largest absolute Gasteiger partial charge is 0.322 e. The first-order valence-corrected chi connectivity index (χ1v) is 10.8. The monoisotopic (exact) mass is 428 g/mol. The van der Waals surface area contributed by atoms with E-state index in [2.05, 4.69) is 10.0 Å². The lowest BCUT2D eigenvalue weighted by molar-refractivity contribution is 0.102. The number of benzene rings is 3. The standard InChI is InChI=1S/C22H21ClN2O3S/c1-14-4-10-19(11-5-14)25-29(27,28)21-12-17(8-6-16(21)3)22(26)24-20-13-18(23)9-7-15(20)2/h4-13,25H,1-3H3,(H,24,26). The molecule has 0 spiro atoms. The van der Waals surface area contributed by atoms with E-state index in [1.54, 1.807) is 49.4 Å². The number of anilines is 2. The van der Waals surface area contributed by atoms with Crippen molar-refractivity contribution < 1.29 is 13.2 Å². The second kappa shape index (κ2) is 8.27. The highest BCUT2D eigenvalue weighted by Gasteiger charge is 2.20. The Bertz CT molecular complexity index is 1170. The van der Waals surface area contributed by atoms with Crippen LogP contribution in [0.1, 0.15) is 27.0 Å². The third kappa shape index (κ3) is 4.96. The average Bonchev–Trinajstić information content (AvgIpc) is 2.66. The minimum Gasteiger partial charge on any atom is -0.322 e. The van der Waals surface area contributed by atoms with Crippen LogP contribution in [0.15, 0.2) is 65.6 Å². The Hall–Kier alpha value is -2.83. The molecule has 1 amide bonds. The second-order valence-corrected chi connectivity index (χ2v) is 8.95. The third-order valence-corrected chi connectivity index (χ3v) is 6.25. The van der Waals surface area contributed by atoms with Crippen LogP contribution in [0.5, 0.6) is 0 Å². The molecule has 0 atom stereocenters. The SMILES string of the molecule is Cc1ccc(NS(=O)(=O)c2cc(C(=O)Nc3cc(Cl)ccc3C)ccc2C)cc1. The summed E-state index contributed by atoms with van der Waals surface area (Å²) in [4.78, 5) is 12.7. The van der Waals surface area contributed by atoms with Crippen molar-refractivity contribution in [3.8, 4) is 0 Å². The van der Waals surface area contributed by atoms with Gasteiger partial charge in [0.1, 0.15) is 0 Å². The first-order valence-electron chi connectivity index (χ1n) is 8.93. The van der Waals surface area contributed by atoms with Gasteiger partial charge in [-0.25, -0.2) is 8.42 Å². The highest BCUT2D eigenvalue weighted by atomic mass is 35.5. The summed E-state index contributed by atoms with van der Waals surface area (Å²) in [5.74, 6) is -0.415. The van der Waals surface area contributed by atoms with E-state index in [4.69, 9.17) is 11.6 Å². The number of sulfonamides is 1. The van der Waals surface area contributed by atoms with Gasteiger partial charge in [-0.1, -0.05) is 41.4 Å². The average molecular weight is 429 g/mol. The molecule has 0 heterocycles. The molecule has 0 aliphatic heterocycles. The number of rotatable bonds is 5. The molecular formula is C22H21ClN2O3S. The number of carbonyl (C=O) groups excluding carboxylic acids is 1. The van der Waals surface area contributed by atoms with Crippen molar-refractivity contribution >= 4 is 38.9 Å². The Balaban J connectivity index is 1.89. The summed E-state index contributed by atoms with van der Waals surface area (Å²) >= 11 is 6.00. The highest BCUT2D eigenvalue weighted by molar-refractivity contribution is 7.92. The summed E-state index contributed by atoms with van der Waals surface area (Å²) in [5.41, 5.74) is 3.69. The van der Waals surface area contributed by atoms with Gasteiger partial charge >= 0.3 is 0 Å². The first kappa shape index (κ1) is 20.9. The van der Waals surface area contributed by atoms with Gasteiger partial charge in [0.05, 0.1) is 4.90 Å². The topological polar surface area (TPSA) is 75.3 Å². The Kier molecular flexibility index (Phi) is 5.96. The van der Waals surface area contributed by atoms with Gasteiger partial charge < -0.3 is 5.32 Å². The van der Waals surface area contributed by atoms with E-state index < -0.39 is 15.9 Å². The molecule has 0 radical (unpaired) electrons. The molecular weight excluding hydrogens is 408 g/mol. The summed E-state index contributed by atoms with van der Waals surface area (Å²) in [6.07, 6.45) is 0. The summed E-state index contributed by atoms with van der Waals surface area (Å²) in [6, 6.07) is 16.8. The van der Waals surface area contributed by atoms with Gasteiger partial charge in [-0.15, -0.1) is 0 Å². The van der Waals surface area contributed by atoms with Gasteiger partial charge in [0, 0.05) is 22.0 Å². The van der Waals surface area contributed by atoms with Gasteiger partial charge in [-0.05, 0) is 68.3 Å². The van der Waals surface area contributed by atoms with Crippen molar-refractivity contribution in [1.82, 2.24) is 0 Å². The Morgan fingerprint density at radius 1 is 0.862 bits per heavy atom. The predicted molar refractivity (Wildman–Crippen MR) is 117 cm³/mol. The number of hydrogen-bond donors (Lipinski definition) is 2. The van der Waals surface area contributed by atoms with Gasteiger partial charge in [-0.2, -0.15) is 0 Å². The molecule has 7 heteroatoms. The normalized spacial score (nSPS) is 11.2. The molecule has 0 saturated heterocycles. The number of halogens is 1. The van der Waals surface area contributed by atoms with Crippen molar-refractivity contribution in [1.29, 1.82) is 0 Å². The fourth-order valence-corrected chi connectivity index (χ4v) is 4.29. The lowest BCUT2D eigenvalue weighted by Gasteiger charge is -2.13. The van der Waals surface area contributed by atoms with Crippen LogP contribution in [0.3, 0.4) is 0 Å².